The molecule has 0 saturated heterocycles. The van der Waals surface area contributed by atoms with E-state index in [1.807, 2.05) is 37.3 Å². The van der Waals surface area contributed by atoms with Gasteiger partial charge in [0.2, 0.25) is 5.82 Å². The van der Waals surface area contributed by atoms with E-state index < -0.39 is 0 Å². The first-order valence-corrected chi connectivity index (χ1v) is 6.17. The second-order valence-electron chi connectivity index (χ2n) is 3.88. The fourth-order valence-corrected chi connectivity index (χ4v) is 1.48. The molecule has 0 fully saturated rings. The molecule has 100 valence electrons. The molecule has 19 heavy (non-hydrogen) atoms. The Morgan fingerprint density at radius 1 is 1.37 bits per heavy atom. The van der Waals surface area contributed by atoms with Crippen LogP contribution in [-0.2, 0) is 6.42 Å². The number of aromatic amines is 1. The number of H-pyrrole nitrogens is 1. The minimum Gasteiger partial charge on any atom is -0.492 e. The Morgan fingerprint density at radius 3 is 2.84 bits per heavy atom. The number of para-hydroxylation sites is 1. The number of carbonyl (C=O) groups is 1. The van der Waals surface area contributed by atoms with Crippen molar-refractivity contribution in [2.24, 2.45) is 0 Å². The number of amides is 1. The summed E-state index contributed by atoms with van der Waals surface area (Å²) in [6.07, 6.45) is 0.720. The summed E-state index contributed by atoms with van der Waals surface area (Å²) in [7, 11) is 0. The number of rotatable bonds is 6. The molecule has 0 unspecified atom stereocenters. The number of ether oxygens (including phenoxy) is 1. The first-order chi connectivity index (χ1) is 9.29. The second kappa shape index (κ2) is 6.53. The molecule has 1 aromatic heterocycles. The molecule has 2 rings (SSSR count). The number of hydrogen-bond acceptors (Lipinski definition) is 4. The number of aromatic nitrogens is 3. The number of nitrogens with one attached hydrogen (secondary N) is 2. The number of nitrogens with zero attached hydrogens (tertiary/aromatic N) is 2. The van der Waals surface area contributed by atoms with E-state index in [1.54, 1.807) is 0 Å². The highest BCUT2D eigenvalue weighted by Crippen LogP contribution is 2.07. The lowest BCUT2D eigenvalue weighted by Gasteiger charge is -2.06. The predicted octanol–water partition coefficient (Wildman–Crippen LogP) is 1.18. The third kappa shape index (κ3) is 3.80. The van der Waals surface area contributed by atoms with Gasteiger partial charge in [0.1, 0.15) is 18.2 Å². The lowest BCUT2D eigenvalue weighted by Crippen LogP contribution is -2.29. The zero-order valence-corrected chi connectivity index (χ0v) is 10.7. The van der Waals surface area contributed by atoms with Crippen molar-refractivity contribution < 1.29 is 9.53 Å². The van der Waals surface area contributed by atoms with E-state index in [-0.39, 0.29) is 11.7 Å². The zero-order valence-electron chi connectivity index (χ0n) is 10.7. The highest BCUT2D eigenvalue weighted by Gasteiger charge is 2.10. The highest BCUT2D eigenvalue weighted by molar-refractivity contribution is 5.90. The monoisotopic (exact) mass is 260 g/mol. The van der Waals surface area contributed by atoms with E-state index in [2.05, 4.69) is 20.5 Å². The molecule has 1 heterocycles. The van der Waals surface area contributed by atoms with Gasteiger partial charge in [0.25, 0.3) is 5.91 Å². The highest BCUT2D eigenvalue weighted by atomic mass is 16.5. The summed E-state index contributed by atoms with van der Waals surface area (Å²) >= 11 is 0. The lowest BCUT2D eigenvalue weighted by molar-refractivity contribution is 0.0937. The van der Waals surface area contributed by atoms with Gasteiger partial charge in [-0.2, -0.15) is 0 Å². The van der Waals surface area contributed by atoms with Gasteiger partial charge in [-0.05, 0) is 12.1 Å². The Balaban J connectivity index is 1.72. The Morgan fingerprint density at radius 2 is 2.16 bits per heavy atom. The Labute approximate surface area is 111 Å². The molecular weight excluding hydrogens is 244 g/mol. The van der Waals surface area contributed by atoms with Crippen LogP contribution in [0.5, 0.6) is 5.75 Å². The van der Waals surface area contributed by atoms with E-state index in [0.29, 0.717) is 19.0 Å². The maximum Gasteiger partial charge on any atom is 0.291 e. The fraction of sp³-hybridized carbons (Fsp3) is 0.308. The standard InChI is InChI=1S/C13H16N4O2/c1-2-11-15-12(17-16-11)13(18)14-8-9-19-10-6-4-3-5-7-10/h3-7H,2,8-9H2,1H3,(H,14,18)(H,15,16,17). The fourth-order valence-electron chi connectivity index (χ4n) is 1.48. The van der Waals surface area contributed by atoms with Crippen LogP contribution in [0.25, 0.3) is 0 Å². The van der Waals surface area contributed by atoms with Gasteiger partial charge in [0, 0.05) is 6.42 Å². The van der Waals surface area contributed by atoms with E-state index in [4.69, 9.17) is 4.74 Å². The van der Waals surface area contributed by atoms with Crippen LogP contribution in [0.1, 0.15) is 23.4 Å². The zero-order chi connectivity index (χ0) is 13.5. The maximum atomic E-state index is 11.7. The van der Waals surface area contributed by atoms with E-state index in [0.717, 1.165) is 12.2 Å². The summed E-state index contributed by atoms with van der Waals surface area (Å²) < 4.78 is 5.46. The molecule has 1 aromatic carbocycles. The third-order valence-corrected chi connectivity index (χ3v) is 2.47. The molecule has 0 saturated carbocycles. The molecule has 6 heteroatoms. The van der Waals surface area contributed by atoms with Crippen molar-refractivity contribution in [1.82, 2.24) is 20.5 Å². The molecule has 0 aliphatic carbocycles. The normalized spacial score (nSPS) is 10.2. The molecule has 0 aliphatic heterocycles. The summed E-state index contributed by atoms with van der Waals surface area (Å²) in [5, 5.41) is 9.23. The molecule has 2 aromatic rings. The first kappa shape index (κ1) is 13.1. The predicted molar refractivity (Wildman–Crippen MR) is 70.0 cm³/mol. The van der Waals surface area contributed by atoms with Crippen LogP contribution in [0.2, 0.25) is 0 Å². The van der Waals surface area contributed by atoms with Crippen LogP contribution in [0, 0.1) is 0 Å². The van der Waals surface area contributed by atoms with Crippen molar-refractivity contribution >= 4 is 5.91 Å². The van der Waals surface area contributed by atoms with Crippen LogP contribution in [0.3, 0.4) is 0 Å². The van der Waals surface area contributed by atoms with Gasteiger partial charge in [-0.15, -0.1) is 5.10 Å². The SMILES string of the molecule is CCc1nc(C(=O)NCCOc2ccccc2)n[nH]1. The molecule has 0 spiro atoms. The van der Waals surface area contributed by atoms with Crippen molar-refractivity contribution in [1.29, 1.82) is 0 Å². The van der Waals surface area contributed by atoms with Gasteiger partial charge in [0.15, 0.2) is 0 Å². The summed E-state index contributed by atoms with van der Waals surface area (Å²) in [5.41, 5.74) is 0. The van der Waals surface area contributed by atoms with Gasteiger partial charge >= 0.3 is 0 Å². The number of carbonyl (C=O) groups excluding carboxylic acids is 1. The summed E-state index contributed by atoms with van der Waals surface area (Å²) in [4.78, 5) is 15.7. The largest absolute Gasteiger partial charge is 0.492 e. The molecule has 6 nitrogen and oxygen atoms in total. The summed E-state index contributed by atoms with van der Waals surface area (Å²) in [6.45, 7) is 2.75. The second-order valence-corrected chi connectivity index (χ2v) is 3.88. The lowest BCUT2D eigenvalue weighted by atomic mass is 10.3. The van der Waals surface area contributed by atoms with Crippen molar-refractivity contribution in [2.75, 3.05) is 13.2 Å². The van der Waals surface area contributed by atoms with Crippen LogP contribution in [-0.4, -0.2) is 34.2 Å². The molecule has 0 aliphatic rings. The number of hydrogen-bond donors (Lipinski definition) is 2. The quantitative estimate of drug-likeness (QED) is 0.764. The third-order valence-electron chi connectivity index (χ3n) is 2.47. The minimum absolute atomic E-state index is 0.163. The Bertz CT molecular complexity index is 524. The van der Waals surface area contributed by atoms with Crippen LogP contribution in [0.15, 0.2) is 30.3 Å². The van der Waals surface area contributed by atoms with Gasteiger partial charge < -0.3 is 10.1 Å². The van der Waals surface area contributed by atoms with E-state index in [9.17, 15) is 4.79 Å². The van der Waals surface area contributed by atoms with E-state index >= 15 is 0 Å². The van der Waals surface area contributed by atoms with Crippen molar-refractivity contribution in [3.63, 3.8) is 0 Å². The molecule has 2 N–H and O–H groups in total. The molecule has 0 atom stereocenters. The maximum absolute atomic E-state index is 11.7. The molecule has 1 amide bonds. The van der Waals surface area contributed by atoms with Gasteiger partial charge in [-0.1, -0.05) is 25.1 Å². The summed E-state index contributed by atoms with van der Waals surface area (Å²) in [6, 6.07) is 9.44. The summed E-state index contributed by atoms with van der Waals surface area (Å²) in [5.74, 6) is 1.35. The van der Waals surface area contributed by atoms with Crippen LogP contribution in [0.4, 0.5) is 0 Å². The average molecular weight is 260 g/mol. The minimum atomic E-state index is -0.299. The molecule has 0 radical (unpaired) electrons. The van der Waals surface area contributed by atoms with Crippen LogP contribution < -0.4 is 10.1 Å². The topological polar surface area (TPSA) is 79.9 Å². The first-order valence-electron chi connectivity index (χ1n) is 6.17. The Kier molecular flexibility index (Phi) is 4.49. The van der Waals surface area contributed by atoms with Crippen molar-refractivity contribution in [2.45, 2.75) is 13.3 Å². The smallest absolute Gasteiger partial charge is 0.291 e. The Hall–Kier alpha value is -2.37. The molecule has 0 bridgehead atoms. The van der Waals surface area contributed by atoms with Gasteiger partial charge in [-0.3, -0.25) is 9.89 Å². The van der Waals surface area contributed by atoms with Crippen molar-refractivity contribution in [3.8, 4) is 5.75 Å². The number of benzene rings is 1. The number of aryl methyl sites for hydroxylation is 1. The van der Waals surface area contributed by atoms with Gasteiger partial charge in [-0.25, -0.2) is 4.98 Å². The van der Waals surface area contributed by atoms with Crippen LogP contribution >= 0.6 is 0 Å². The average Bonchev–Trinajstić information content (AvgIpc) is 2.93. The van der Waals surface area contributed by atoms with Gasteiger partial charge in [0.05, 0.1) is 6.54 Å². The van der Waals surface area contributed by atoms with Crippen molar-refractivity contribution in [3.05, 3.63) is 42.0 Å². The van der Waals surface area contributed by atoms with E-state index in [1.165, 1.54) is 0 Å². The molecular formula is C13H16N4O2.